The summed E-state index contributed by atoms with van der Waals surface area (Å²) in [6.45, 7) is 4.38. The Kier molecular flexibility index (Phi) is 5.38. The fourth-order valence-corrected chi connectivity index (χ4v) is 3.32. The fourth-order valence-electron chi connectivity index (χ4n) is 3.32. The van der Waals surface area contributed by atoms with Gasteiger partial charge in [0.05, 0.1) is 17.6 Å². The van der Waals surface area contributed by atoms with Crippen LogP contribution in [0.3, 0.4) is 0 Å². The van der Waals surface area contributed by atoms with E-state index in [1.807, 2.05) is 0 Å². The molecule has 0 heterocycles. The second-order valence-electron chi connectivity index (χ2n) is 6.11. The van der Waals surface area contributed by atoms with E-state index in [0.29, 0.717) is 17.2 Å². The fraction of sp³-hybridized carbons (Fsp3) is 0.556. The lowest BCUT2D eigenvalue weighted by Gasteiger charge is -2.32. The highest BCUT2D eigenvalue weighted by atomic mass is 16.5. The molecule has 112 valence electrons. The van der Waals surface area contributed by atoms with Gasteiger partial charge in [0.25, 0.3) is 0 Å². The smallest absolute Gasteiger partial charge is 0.314 e. The van der Waals surface area contributed by atoms with Crippen molar-refractivity contribution in [1.82, 2.24) is 0 Å². The molecule has 2 rings (SSSR count). The zero-order chi connectivity index (χ0) is 15.2. The van der Waals surface area contributed by atoms with E-state index in [4.69, 9.17) is 10.00 Å². The topological polar surface area (TPSA) is 50.1 Å². The molecule has 0 radical (unpaired) electrons. The van der Waals surface area contributed by atoms with Crippen LogP contribution in [0.25, 0.3) is 0 Å². The molecule has 1 aromatic carbocycles. The SMILES string of the molecule is CCC[C@H]1CC[C@@H](C(=O)Oc2ccc(C#N)cc2)[C@H](C)C1. The Labute approximate surface area is 126 Å². The molecule has 0 aromatic heterocycles. The van der Waals surface area contributed by atoms with E-state index in [-0.39, 0.29) is 11.9 Å². The average molecular weight is 285 g/mol. The number of benzene rings is 1. The summed E-state index contributed by atoms with van der Waals surface area (Å²) in [5.74, 6) is 1.57. The van der Waals surface area contributed by atoms with Gasteiger partial charge in [-0.25, -0.2) is 0 Å². The number of rotatable bonds is 4. The highest BCUT2D eigenvalue weighted by Gasteiger charge is 2.33. The minimum Gasteiger partial charge on any atom is -0.426 e. The molecule has 3 heteroatoms. The molecule has 1 saturated carbocycles. The standard InChI is InChI=1S/C18H23NO2/c1-3-4-14-7-10-17(13(2)11-14)18(20)21-16-8-5-15(12-19)6-9-16/h5-6,8-9,13-14,17H,3-4,7,10-11H2,1-2H3/t13-,14+,17-/m1/s1. The van der Waals surface area contributed by atoms with Crippen LogP contribution < -0.4 is 4.74 Å². The molecule has 21 heavy (non-hydrogen) atoms. The van der Waals surface area contributed by atoms with Crippen LogP contribution in [-0.2, 0) is 4.79 Å². The summed E-state index contributed by atoms with van der Waals surface area (Å²) in [6, 6.07) is 8.76. The molecule has 0 spiro atoms. The number of ether oxygens (including phenoxy) is 1. The van der Waals surface area contributed by atoms with Crippen LogP contribution in [0, 0.1) is 29.1 Å². The van der Waals surface area contributed by atoms with Gasteiger partial charge in [0.15, 0.2) is 0 Å². The molecule has 1 aliphatic rings. The maximum absolute atomic E-state index is 12.3. The third-order valence-electron chi connectivity index (χ3n) is 4.48. The molecule has 0 N–H and O–H groups in total. The second-order valence-corrected chi connectivity index (χ2v) is 6.11. The molecule has 3 nitrogen and oxygen atoms in total. The highest BCUT2D eigenvalue weighted by molar-refractivity contribution is 5.75. The van der Waals surface area contributed by atoms with Gasteiger partial charge in [-0.1, -0.05) is 26.7 Å². The molecule has 1 aromatic rings. The Bertz CT molecular complexity index is 515. The Hall–Kier alpha value is -1.82. The van der Waals surface area contributed by atoms with Crippen molar-refractivity contribution in [2.45, 2.75) is 46.0 Å². The third-order valence-corrected chi connectivity index (χ3v) is 4.48. The molecule has 3 atom stereocenters. The van der Waals surface area contributed by atoms with Gasteiger partial charge < -0.3 is 4.74 Å². The summed E-state index contributed by atoms with van der Waals surface area (Å²) in [6.07, 6.45) is 5.67. The predicted octanol–water partition coefficient (Wildman–Crippen LogP) is 4.32. The molecule has 0 saturated heterocycles. The van der Waals surface area contributed by atoms with Gasteiger partial charge >= 0.3 is 5.97 Å². The summed E-state index contributed by atoms with van der Waals surface area (Å²) in [7, 11) is 0. The van der Waals surface area contributed by atoms with Gasteiger partial charge in [0, 0.05) is 0 Å². The van der Waals surface area contributed by atoms with E-state index >= 15 is 0 Å². The first-order valence-electron chi connectivity index (χ1n) is 7.86. The molecule has 0 aliphatic heterocycles. The zero-order valence-electron chi connectivity index (χ0n) is 12.8. The summed E-state index contributed by atoms with van der Waals surface area (Å²) >= 11 is 0. The van der Waals surface area contributed by atoms with Crippen molar-refractivity contribution in [2.24, 2.45) is 17.8 Å². The van der Waals surface area contributed by atoms with Gasteiger partial charge in [0.2, 0.25) is 0 Å². The Balaban J connectivity index is 1.92. The quantitative estimate of drug-likeness (QED) is 0.611. The lowest BCUT2D eigenvalue weighted by atomic mass is 9.73. The molecular weight excluding hydrogens is 262 g/mol. The molecule has 0 amide bonds. The maximum Gasteiger partial charge on any atom is 0.314 e. The summed E-state index contributed by atoms with van der Waals surface area (Å²) < 4.78 is 5.47. The Morgan fingerprint density at radius 2 is 2.05 bits per heavy atom. The summed E-state index contributed by atoms with van der Waals surface area (Å²) in [5.41, 5.74) is 0.572. The van der Waals surface area contributed by atoms with E-state index in [9.17, 15) is 4.79 Å². The van der Waals surface area contributed by atoms with Gasteiger partial charge in [-0.3, -0.25) is 4.79 Å². The maximum atomic E-state index is 12.3. The van der Waals surface area contributed by atoms with Gasteiger partial charge in [-0.15, -0.1) is 0 Å². The van der Waals surface area contributed by atoms with E-state index in [1.54, 1.807) is 24.3 Å². The number of hydrogen-bond acceptors (Lipinski definition) is 3. The van der Waals surface area contributed by atoms with Crippen molar-refractivity contribution in [3.05, 3.63) is 29.8 Å². The van der Waals surface area contributed by atoms with E-state index in [2.05, 4.69) is 19.9 Å². The molecular formula is C18H23NO2. The van der Waals surface area contributed by atoms with Crippen molar-refractivity contribution in [3.8, 4) is 11.8 Å². The second kappa shape index (κ2) is 7.26. The van der Waals surface area contributed by atoms with Crippen molar-refractivity contribution in [1.29, 1.82) is 5.26 Å². The van der Waals surface area contributed by atoms with Crippen LogP contribution in [0.1, 0.15) is 51.5 Å². The largest absolute Gasteiger partial charge is 0.426 e. The average Bonchev–Trinajstić information content (AvgIpc) is 2.48. The van der Waals surface area contributed by atoms with Gasteiger partial charge in [-0.2, -0.15) is 5.26 Å². The van der Waals surface area contributed by atoms with E-state index < -0.39 is 0 Å². The van der Waals surface area contributed by atoms with Crippen LogP contribution in [0.4, 0.5) is 0 Å². The molecule has 1 aliphatic carbocycles. The Morgan fingerprint density at radius 3 is 2.62 bits per heavy atom. The lowest BCUT2D eigenvalue weighted by molar-refractivity contribution is -0.142. The lowest BCUT2D eigenvalue weighted by Crippen LogP contribution is -2.32. The van der Waals surface area contributed by atoms with Crippen LogP contribution in [-0.4, -0.2) is 5.97 Å². The Morgan fingerprint density at radius 1 is 1.33 bits per heavy atom. The zero-order valence-corrected chi connectivity index (χ0v) is 12.8. The van der Waals surface area contributed by atoms with E-state index in [0.717, 1.165) is 25.2 Å². The van der Waals surface area contributed by atoms with Crippen LogP contribution in [0.15, 0.2) is 24.3 Å². The van der Waals surface area contributed by atoms with Crippen molar-refractivity contribution >= 4 is 5.97 Å². The number of carbonyl (C=O) groups excluding carboxylic acids is 1. The van der Waals surface area contributed by atoms with Crippen LogP contribution in [0.2, 0.25) is 0 Å². The van der Waals surface area contributed by atoms with Gasteiger partial charge in [0.1, 0.15) is 5.75 Å². The first-order chi connectivity index (χ1) is 10.1. The normalized spacial score (nSPS) is 25.1. The monoisotopic (exact) mass is 285 g/mol. The first kappa shape index (κ1) is 15.6. The number of carbonyl (C=O) groups is 1. The van der Waals surface area contributed by atoms with Crippen LogP contribution in [0.5, 0.6) is 5.75 Å². The third kappa shape index (κ3) is 4.07. The summed E-state index contributed by atoms with van der Waals surface area (Å²) in [4.78, 5) is 12.3. The van der Waals surface area contributed by atoms with E-state index in [1.165, 1.54) is 12.8 Å². The minimum absolute atomic E-state index is 0.00810. The van der Waals surface area contributed by atoms with Gasteiger partial charge in [-0.05, 0) is 55.4 Å². The first-order valence-corrected chi connectivity index (χ1v) is 7.86. The van der Waals surface area contributed by atoms with Crippen molar-refractivity contribution in [3.63, 3.8) is 0 Å². The highest BCUT2D eigenvalue weighted by Crippen LogP contribution is 2.36. The molecule has 0 unspecified atom stereocenters. The number of nitrogens with zero attached hydrogens (tertiary/aromatic N) is 1. The van der Waals surface area contributed by atoms with Crippen LogP contribution >= 0.6 is 0 Å². The predicted molar refractivity (Wildman–Crippen MR) is 81.7 cm³/mol. The van der Waals surface area contributed by atoms with Crippen molar-refractivity contribution in [2.75, 3.05) is 0 Å². The molecule has 1 fully saturated rings. The number of hydrogen-bond donors (Lipinski definition) is 0. The van der Waals surface area contributed by atoms with Crippen molar-refractivity contribution < 1.29 is 9.53 Å². The summed E-state index contributed by atoms with van der Waals surface area (Å²) in [5, 5.41) is 8.76. The minimum atomic E-state index is -0.123. The number of nitriles is 1. The molecule has 0 bridgehead atoms. The number of esters is 1.